The average Bonchev–Trinajstić information content (AvgIpc) is 2.70. The monoisotopic (exact) mass is 404 g/mol. The summed E-state index contributed by atoms with van der Waals surface area (Å²) in [4.78, 5) is 23.4. The van der Waals surface area contributed by atoms with E-state index in [2.05, 4.69) is 20.8 Å². The van der Waals surface area contributed by atoms with Crippen LogP contribution in [0.3, 0.4) is 0 Å². The number of carboxylic acid groups (broad SMARTS) is 2. The van der Waals surface area contributed by atoms with Gasteiger partial charge in [-0.15, -0.1) is 0 Å². The van der Waals surface area contributed by atoms with Crippen molar-refractivity contribution in [2.45, 2.75) is 110 Å². The molecule has 0 saturated heterocycles. The first kappa shape index (κ1) is 25.2. The smallest absolute Gasteiger partial charge is 0.336 e. The third-order valence-electron chi connectivity index (χ3n) is 5.97. The number of rotatable bonds is 16. The van der Waals surface area contributed by atoms with Gasteiger partial charge in [0.25, 0.3) is 0 Å². The zero-order chi connectivity index (χ0) is 21.6. The fraction of sp³-hybridized carbons (Fsp3) is 0.680. The molecule has 4 nitrogen and oxygen atoms in total. The molecule has 0 aliphatic rings. The Morgan fingerprint density at radius 2 is 1.31 bits per heavy atom. The molecule has 164 valence electrons. The van der Waals surface area contributed by atoms with Crippen molar-refractivity contribution in [2.75, 3.05) is 0 Å². The summed E-state index contributed by atoms with van der Waals surface area (Å²) in [7, 11) is 0. The molecular formula is C25H40O4. The lowest BCUT2D eigenvalue weighted by molar-refractivity contribution is 0.0650. The van der Waals surface area contributed by atoms with E-state index in [9.17, 15) is 19.8 Å². The third kappa shape index (κ3) is 8.59. The SMILES string of the molecule is CCCCCCCCCCCCCc1c(C(C)CC)ccc(C(=O)O)c1C(=O)O. The number of unbranched alkanes of at least 4 members (excludes halogenated alkanes) is 10. The van der Waals surface area contributed by atoms with Crippen LogP contribution >= 0.6 is 0 Å². The van der Waals surface area contributed by atoms with Gasteiger partial charge in [-0.1, -0.05) is 91.0 Å². The highest BCUT2D eigenvalue weighted by Gasteiger charge is 2.24. The van der Waals surface area contributed by atoms with Crippen LogP contribution < -0.4 is 0 Å². The summed E-state index contributed by atoms with van der Waals surface area (Å²) in [5.74, 6) is -2.08. The van der Waals surface area contributed by atoms with Crippen molar-refractivity contribution < 1.29 is 19.8 Å². The van der Waals surface area contributed by atoms with Crippen molar-refractivity contribution >= 4 is 11.9 Å². The average molecular weight is 405 g/mol. The van der Waals surface area contributed by atoms with Gasteiger partial charge in [-0.3, -0.25) is 0 Å². The van der Waals surface area contributed by atoms with Gasteiger partial charge >= 0.3 is 11.9 Å². The number of carboxylic acids is 2. The van der Waals surface area contributed by atoms with Gasteiger partial charge in [0.2, 0.25) is 0 Å². The molecule has 1 aromatic carbocycles. The zero-order valence-corrected chi connectivity index (χ0v) is 18.6. The molecule has 1 atom stereocenters. The lowest BCUT2D eigenvalue weighted by Crippen LogP contribution is -2.15. The molecule has 1 rings (SSSR count). The molecule has 0 aliphatic carbocycles. The minimum absolute atomic E-state index is 0.0117. The summed E-state index contributed by atoms with van der Waals surface area (Å²) < 4.78 is 0. The van der Waals surface area contributed by atoms with Crippen molar-refractivity contribution in [2.24, 2.45) is 0 Å². The maximum absolute atomic E-state index is 11.8. The van der Waals surface area contributed by atoms with E-state index in [1.165, 1.54) is 57.4 Å². The van der Waals surface area contributed by atoms with Gasteiger partial charge in [-0.25, -0.2) is 9.59 Å². The van der Waals surface area contributed by atoms with Gasteiger partial charge in [-0.05, 0) is 42.4 Å². The number of hydrogen-bond acceptors (Lipinski definition) is 2. The van der Waals surface area contributed by atoms with Gasteiger partial charge in [0.05, 0.1) is 11.1 Å². The Balaban J connectivity index is 2.60. The van der Waals surface area contributed by atoms with E-state index in [4.69, 9.17) is 0 Å². The van der Waals surface area contributed by atoms with Crippen LogP contribution in [0.2, 0.25) is 0 Å². The lowest BCUT2D eigenvalue weighted by Gasteiger charge is -2.19. The highest BCUT2D eigenvalue weighted by molar-refractivity contribution is 6.03. The quantitative estimate of drug-likeness (QED) is 0.281. The first-order chi connectivity index (χ1) is 13.9. The van der Waals surface area contributed by atoms with Crippen molar-refractivity contribution in [3.05, 3.63) is 34.4 Å². The maximum Gasteiger partial charge on any atom is 0.336 e. The summed E-state index contributed by atoms with van der Waals surface area (Å²) in [6, 6.07) is 3.27. The first-order valence-electron chi connectivity index (χ1n) is 11.6. The van der Waals surface area contributed by atoms with Gasteiger partial charge in [0.1, 0.15) is 0 Å². The molecule has 29 heavy (non-hydrogen) atoms. The number of carbonyl (C=O) groups is 2. The van der Waals surface area contributed by atoms with Crippen molar-refractivity contribution in [1.82, 2.24) is 0 Å². The van der Waals surface area contributed by atoms with E-state index in [1.54, 1.807) is 0 Å². The minimum Gasteiger partial charge on any atom is -0.478 e. The molecule has 0 saturated carbocycles. The normalized spacial score (nSPS) is 12.1. The second-order valence-corrected chi connectivity index (χ2v) is 8.26. The fourth-order valence-corrected chi connectivity index (χ4v) is 4.00. The largest absolute Gasteiger partial charge is 0.478 e. The molecule has 0 aliphatic heterocycles. The number of hydrogen-bond donors (Lipinski definition) is 2. The molecule has 2 N–H and O–H groups in total. The highest BCUT2D eigenvalue weighted by atomic mass is 16.4. The molecular weight excluding hydrogens is 364 g/mol. The Bertz CT molecular complexity index is 636. The van der Waals surface area contributed by atoms with Crippen LogP contribution in [0.1, 0.15) is 136 Å². The van der Waals surface area contributed by atoms with Crippen LogP contribution in [0, 0.1) is 0 Å². The van der Waals surface area contributed by atoms with Crippen LogP contribution in [-0.4, -0.2) is 22.2 Å². The molecule has 0 spiro atoms. The van der Waals surface area contributed by atoms with E-state index >= 15 is 0 Å². The van der Waals surface area contributed by atoms with Crippen LogP contribution in [0.5, 0.6) is 0 Å². The fourth-order valence-electron chi connectivity index (χ4n) is 4.00. The lowest BCUT2D eigenvalue weighted by atomic mass is 9.85. The van der Waals surface area contributed by atoms with Crippen LogP contribution in [0.4, 0.5) is 0 Å². The number of aromatic carboxylic acids is 2. The first-order valence-corrected chi connectivity index (χ1v) is 11.6. The second-order valence-electron chi connectivity index (χ2n) is 8.26. The second kappa shape index (κ2) is 14.2. The Kier molecular flexibility index (Phi) is 12.3. The summed E-state index contributed by atoms with van der Waals surface area (Å²) in [6.07, 6.45) is 15.2. The van der Waals surface area contributed by atoms with E-state index < -0.39 is 11.9 Å². The molecule has 0 amide bonds. The maximum atomic E-state index is 11.8. The standard InChI is InChI=1S/C25H40O4/c1-4-6-7-8-9-10-11-12-13-14-15-16-21-20(19(3)5-2)17-18-22(24(26)27)23(21)25(28)29/h17-19H,4-16H2,1-3H3,(H,26,27)(H,28,29). The molecule has 1 unspecified atom stereocenters. The topological polar surface area (TPSA) is 74.6 Å². The van der Waals surface area contributed by atoms with E-state index in [0.29, 0.717) is 6.42 Å². The predicted octanol–water partition coefficient (Wildman–Crippen LogP) is 7.45. The van der Waals surface area contributed by atoms with E-state index in [1.807, 2.05) is 6.07 Å². The summed E-state index contributed by atoms with van der Waals surface area (Å²) >= 11 is 0. The molecule has 0 bridgehead atoms. The van der Waals surface area contributed by atoms with Crippen molar-refractivity contribution in [3.8, 4) is 0 Å². The van der Waals surface area contributed by atoms with Gasteiger partial charge in [0, 0.05) is 0 Å². The summed E-state index contributed by atoms with van der Waals surface area (Å²) in [5.41, 5.74) is 1.61. The van der Waals surface area contributed by atoms with Crippen molar-refractivity contribution in [1.29, 1.82) is 0 Å². The molecule has 4 heteroatoms. The number of benzene rings is 1. The molecule has 0 radical (unpaired) electrons. The summed E-state index contributed by atoms with van der Waals surface area (Å²) in [5, 5.41) is 19.1. The summed E-state index contributed by atoms with van der Waals surface area (Å²) in [6.45, 7) is 6.39. The van der Waals surface area contributed by atoms with E-state index in [-0.39, 0.29) is 17.0 Å². The predicted molar refractivity (Wildman–Crippen MR) is 119 cm³/mol. The van der Waals surface area contributed by atoms with Crippen LogP contribution in [-0.2, 0) is 6.42 Å². The van der Waals surface area contributed by atoms with E-state index in [0.717, 1.165) is 36.8 Å². The van der Waals surface area contributed by atoms with Gasteiger partial charge in [-0.2, -0.15) is 0 Å². The minimum atomic E-state index is -1.17. The van der Waals surface area contributed by atoms with Crippen LogP contribution in [0.25, 0.3) is 0 Å². The molecule has 0 fully saturated rings. The van der Waals surface area contributed by atoms with Crippen molar-refractivity contribution in [3.63, 3.8) is 0 Å². The molecule has 0 heterocycles. The molecule has 0 aromatic heterocycles. The van der Waals surface area contributed by atoms with Gasteiger partial charge in [0.15, 0.2) is 0 Å². The highest BCUT2D eigenvalue weighted by Crippen LogP contribution is 2.29. The Morgan fingerprint density at radius 3 is 1.76 bits per heavy atom. The third-order valence-corrected chi connectivity index (χ3v) is 5.97. The Labute approximate surface area is 176 Å². The zero-order valence-electron chi connectivity index (χ0n) is 18.6. The van der Waals surface area contributed by atoms with Crippen LogP contribution in [0.15, 0.2) is 12.1 Å². The Morgan fingerprint density at radius 1 is 0.793 bits per heavy atom. The molecule has 1 aromatic rings. The van der Waals surface area contributed by atoms with Gasteiger partial charge < -0.3 is 10.2 Å². The Hall–Kier alpha value is -1.84.